The highest BCUT2D eigenvalue weighted by atomic mass is 16.6. The number of ether oxygens (including phenoxy) is 3. The Morgan fingerprint density at radius 1 is 1.00 bits per heavy atom. The third-order valence-electron chi connectivity index (χ3n) is 3.18. The zero-order chi connectivity index (χ0) is 14.5. The Kier molecular flexibility index (Phi) is 4.17. The van der Waals surface area contributed by atoms with Crippen molar-refractivity contribution in [3.05, 3.63) is 70.4 Å². The Bertz CT molecular complexity index is 650. The average Bonchev–Trinajstić information content (AvgIpc) is 2.64. The van der Waals surface area contributed by atoms with Crippen LogP contribution in [0.5, 0.6) is 11.5 Å². The van der Waals surface area contributed by atoms with E-state index in [1.54, 1.807) is 18.2 Å². The van der Waals surface area contributed by atoms with Gasteiger partial charge in [-0.05, 0) is 17.7 Å². The molecule has 21 heavy (non-hydrogen) atoms. The standard InChI is InChI=1S/C17H16O4/c18-15-8-4-5-9-16(21-14-11-19-12-14)17(15)20-10-13-6-2-1-3-7-13/h1-9,14H,10-12H2. The predicted octanol–water partition coefficient (Wildman–Crippen LogP) is 2.40. The third kappa shape index (κ3) is 3.41. The summed E-state index contributed by atoms with van der Waals surface area (Å²) in [5.41, 5.74) is 0.813. The molecule has 4 heteroatoms. The molecule has 2 aromatic carbocycles. The minimum atomic E-state index is -0.189. The molecule has 1 aliphatic rings. The summed E-state index contributed by atoms with van der Waals surface area (Å²) in [7, 11) is 0. The molecule has 1 fully saturated rings. The summed E-state index contributed by atoms with van der Waals surface area (Å²) in [6, 6.07) is 16.4. The number of hydrogen-bond acceptors (Lipinski definition) is 4. The first-order valence-electron chi connectivity index (χ1n) is 6.87. The Hall–Kier alpha value is -2.33. The fourth-order valence-corrected chi connectivity index (χ4v) is 1.99. The van der Waals surface area contributed by atoms with E-state index in [0.717, 1.165) is 5.56 Å². The molecule has 0 amide bonds. The van der Waals surface area contributed by atoms with Gasteiger partial charge in [0.2, 0.25) is 11.2 Å². The Balaban J connectivity index is 1.82. The first-order valence-corrected chi connectivity index (χ1v) is 6.87. The van der Waals surface area contributed by atoms with Crippen LogP contribution in [-0.4, -0.2) is 19.3 Å². The van der Waals surface area contributed by atoms with E-state index in [1.807, 2.05) is 30.3 Å². The molecular formula is C17H16O4. The van der Waals surface area contributed by atoms with Gasteiger partial charge in [0, 0.05) is 0 Å². The lowest BCUT2D eigenvalue weighted by Crippen LogP contribution is -2.38. The number of rotatable bonds is 5. The van der Waals surface area contributed by atoms with Crippen LogP contribution in [-0.2, 0) is 11.3 Å². The SMILES string of the molecule is O=c1ccccc(OC2COC2)c1OCc1ccccc1. The summed E-state index contributed by atoms with van der Waals surface area (Å²) in [6.45, 7) is 1.42. The van der Waals surface area contributed by atoms with E-state index in [9.17, 15) is 4.79 Å². The predicted molar refractivity (Wildman–Crippen MR) is 78.7 cm³/mol. The van der Waals surface area contributed by atoms with E-state index < -0.39 is 0 Å². The minimum Gasteiger partial charge on any atom is -0.482 e. The topological polar surface area (TPSA) is 44.8 Å². The van der Waals surface area contributed by atoms with Crippen LogP contribution >= 0.6 is 0 Å². The second kappa shape index (κ2) is 6.41. The van der Waals surface area contributed by atoms with E-state index in [0.29, 0.717) is 25.6 Å². The van der Waals surface area contributed by atoms with Crippen molar-refractivity contribution in [1.82, 2.24) is 0 Å². The molecule has 1 saturated heterocycles. The molecule has 0 aliphatic carbocycles. The van der Waals surface area contributed by atoms with Crippen LogP contribution in [0.25, 0.3) is 0 Å². The van der Waals surface area contributed by atoms with Crippen LogP contribution in [0.3, 0.4) is 0 Å². The van der Waals surface area contributed by atoms with Gasteiger partial charge in [0.1, 0.15) is 12.7 Å². The first kappa shape index (κ1) is 13.6. The van der Waals surface area contributed by atoms with Crippen LogP contribution < -0.4 is 14.9 Å². The van der Waals surface area contributed by atoms with Crippen molar-refractivity contribution in [2.24, 2.45) is 0 Å². The maximum Gasteiger partial charge on any atom is 0.224 e. The largest absolute Gasteiger partial charge is 0.482 e. The average molecular weight is 284 g/mol. The summed E-state index contributed by atoms with van der Waals surface area (Å²) < 4.78 is 16.6. The van der Waals surface area contributed by atoms with Gasteiger partial charge in [-0.3, -0.25) is 4.79 Å². The molecule has 4 nitrogen and oxygen atoms in total. The van der Waals surface area contributed by atoms with Crippen molar-refractivity contribution in [3.63, 3.8) is 0 Å². The maximum absolute atomic E-state index is 12.1. The summed E-state index contributed by atoms with van der Waals surface area (Å²) in [4.78, 5) is 12.1. The van der Waals surface area contributed by atoms with E-state index in [4.69, 9.17) is 14.2 Å². The van der Waals surface area contributed by atoms with Gasteiger partial charge < -0.3 is 14.2 Å². The molecule has 0 saturated carbocycles. The molecule has 0 unspecified atom stereocenters. The quantitative estimate of drug-likeness (QED) is 0.845. The molecule has 0 N–H and O–H groups in total. The molecule has 1 heterocycles. The smallest absolute Gasteiger partial charge is 0.224 e. The van der Waals surface area contributed by atoms with Crippen LogP contribution in [0, 0.1) is 0 Å². The van der Waals surface area contributed by atoms with E-state index in [2.05, 4.69) is 0 Å². The number of hydrogen-bond donors (Lipinski definition) is 0. The van der Waals surface area contributed by atoms with Crippen molar-refractivity contribution in [2.75, 3.05) is 13.2 Å². The Morgan fingerprint density at radius 2 is 1.71 bits per heavy atom. The fourth-order valence-electron chi connectivity index (χ4n) is 1.99. The highest BCUT2D eigenvalue weighted by molar-refractivity contribution is 5.38. The van der Waals surface area contributed by atoms with Crippen LogP contribution in [0.4, 0.5) is 0 Å². The van der Waals surface area contributed by atoms with E-state index >= 15 is 0 Å². The van der Waals surface area contributed by atoms with Crippen LogP contribution in [0.15, 0.2) is 59.4 Å². The molecule has 0 aromatic heterocycles. The van der Waals surface area contributed by atoms with Crippen molar-refractivity contribution >= 4 is 0 Å². The Morgan fingerprint density at radius 3 is 2.43 bits per heavy atom. The van der Waals surface area contributed by atoms with Gasteiger partial charge in [-0.25, -0.2) is 0 Å². The summed E-state index contributed by atoms with van der Waals surface area (Å²) in [6.07, 6.45) is -0.00845. The van der Waals surface area contributed by atoms with Crippen molar-refractivity contribution < 1.29 is 14.2 Å². The normalized spacial score (nSPS) is 14.3. The monoisotopic (exact) mass is 284 g/mol. The number of benzene rings is 1. The highest BCUT2D eigenvalue weighted by Gasteiger charge is 2.22. The van der Waals surface area contributed by atoms with Gasteiger partial charge >= 0.3 is 0 Å². The van der Waals surface area contributed by atoms with Crippen LogP contribution in [0.1, 0.15) is 5.56 Å². The summed E-state index contributed by atoms with van der Waals surface area (Å²) in [5, 5.41) is 0. The van der Waals surface area contributed by atoms with Gasteiger partial charge in [0.25, 0.3) is 0 Å². The molecule has 3 rings (SSSR count). The fraction of sp³-hybridized carbons (Fsp3) is 0.235. The maximum atomic E-state index is 12.1. The van der Waals surface area contributed by atoms with Crippen LogP contribution in [0.2, 0.25) is 0 Å². The van der Waals surface area contributed by atoms with Gasteiger partial charge in [0.05, 0.1) is 13.2 Å². The first-order chi connectivity index (χ1) is 10.3. The van der Waals surface area contributed by atoms with Gasteiger partial charge in [-0.1, -0.05) is 42.5 Å². The summed E-state index contributed by atoms with van der Waals surface area (Å²) >= 11 is 0. The van der Waals surface area contributed by atoms with Crippen molar-refractivity contribution in [1.29, 1.82) is 0 Å². The zero-order valence-electron chi connectivity index (χ0n) is 11.5. The molecule has 0 bridgehead atoms. The molecular weight excluding hydrogens is 268 g/mol. The zero-order valence-corrected chi connectivity index (χ0v) is 11.5. The molecule has 1 aliphatic heterocycles. The van der Waals surface area contributed by atoms with E-state index in [1.165, 1.54) is 6.07 Å². The second-order valence-corrected chi connectivity index (χ2v) is 4.83. The highest BCUT2D eigenvalue weighted by Crippen LogP contribution is 2.25. The molecule has 0 radical (unpaired) electrons. The van der Waals surface area contributed by atoms with E-state index in [-0.39, 0.29) is 17.3 Å². The Labute approximate surface area is 122 Å². The molecule has 108 valence electrons. The van der Waals surface area contributed by atoms with Gasteiger partial charge in [-0.2, -0.15) is 0 Å². The van der Waals surface area contributed by atoms with Crippen molar-refractivity contribution in [3.8, 4) is 11.5 Å². The second-order valence-electron chi connectivity index (χ2n) is 4.83. The van der Waals surface area contributed by atoms with Gasteiger partial charge in [0.15, 0.2) is 5.75 Å². The lowest BCUT2D eigenvalue weighted by Gasteiger charge is -2.27. The third-order valence-corrected chi connectivity index (χ3v) is 3.18. The lowest BCUT2D eigenvalue weighted by atomic mass is 10.2. The molecule has 2 aromatic rings. The van der Waals surface area contributed by atoms with Crippen molar-refractivity contribution in [2.45, 2.75) is 12.7 Å². The van der Waals surface area contributed by atoms with Gasteiger partial charge in [-0.15, -0.1) is 0 Å². The molecule has 0 atom stereocenters. The molecule has 0 spiro atoms. The summed E-state index contributed by atoms with van der Waals surface area (Å²) in [5.74, 6) is 0.713. The minimum absolute atomic E-state index is 0.00845. The lowest BCUT2D eigenvalue weighted by molar-refractivity contribution is -0.0805.